The van der Waals surface area contributed by atoms with E-state index in [9.17, 15) is 4.79 Å². The lowest BCUT2D eigenvalue weighted by atomic mass is 10.0. The van der Waals surface area contributed by atoms with Crippen LogP contribution in [-0.2, 0) is 17.7 Å². The number of aromatic nitrogens is 2. The van der Waals surface area contributed by atoms with Crippen molar-refractivity contribution in [2.24, 2.45) is 0 Å². The molecule has 9 nitrogen and oxygen atoms in total. The fraction of sp³-hybridized carbons (Fsp3) is 0.542. The summed E-state index contributed by atoms with van der Waals surface area (Å²) in [7, 11) is 3.17. The van der Waals surface area contributed by atoms with Crippen LogP contribution in [0.2, 0.25) is 0 Å². The zero-order valence-corrected chi connectivity index (χ0v) is 19.4. The molecule has 0 atom stereocenters. The molecule has 0 radical (unpaired) electrons. The van der Waals surface area contributed by atoms with Crippen molar-refractivity contribution in [2.75, 3.05) is 70.0 Å². The molecule has 0 aliphatic carbocycles. The highest BCUT2D eigenvalue weighted by Gasteiger charge is 2.30. The number of carbonyl (C=O) groups is 1. The molecule has 1 amide bonds. The van der Waals surface area contributed by atoms with Crippen LogP contribution in [0.15, 0.2) is 18.2 Å². The van der Waals surface area contributed by atoms with E-state index >= 15 is 0 Å². The van der Waals surface area contributed by atoms with Gasteiger partial charge < -0.3 is 28.9 Å². The second kappa shape index (κ2) is 9.43. The molecule has 2 saturated heterocycles. The number of methoxy groups -OCH3 is 2. The van der Waals surface area contributed by atoms with Crippen molar-refractivity contribution in [3.63, 3.8) is 0 Å². The Bertz CT molecular complexity index is 996. The second-order valence-corrected chi connectivity index (χ2v) is 8.64. The Balaban J connectivity index is 1.47. The lowest BCUT2D eigenvalue weighted by Crippen LogP contribution is -2.41. The summed E-state index contributed by atoms with van der Waals surface area (Å²) in [5, 5.41) is 0. The second-order valence-electron chi connectivity index (χ2n) is 8.64. The number of hydrogen-bond donors (Lipinski definition) is 0. The third-order valence-corrected chi connectivity index (χ3v) is 6.61. The van der Waals surface area contributed by atoms with Crippen molar-refractivity contribution >= 4 is 17.7 Å². The zero-order chi connectivity index (χ0) is 22.8. The predicted molar refractivity (Wildman–Crippen MR) is 125 cm³/mol. The fourth-order valence-corrected chi connectivity index (χ4v) is 4.77. The van der Waals surface area contributed by atoms with Crippen molar-refractivity contribution < 1.29 is 19.0 Å². The van der Waals surface area contributed by atoms with E-state index in [2.05, 4.69) is 9.80 Å². The van der Waals surface area contributed by atoms with Crippen molar-refractivity contribution in [1.29, 1.82) is 0 Å². The molecule has 9 heteroatoms. The van der Waals surface area contributed by atoms with Gasteiger partial charge in [0.2, 0.25) is 5.95 Å². The number of rotatable bonds is 5. The first-order chi connectivity index (χ1) is 16.2. The molecule has 0 saturated carbocycles. The Labute approximate surface area is 194 Å². The van der Waals surface area contributed by atoms with Crippen molar-refractivity contribution in [2.45, 2.75) is 25.8 Å². The van der Waals surface area contributed by atoms with Crippen LogP contribution < -0.4 is 19.3 Å². The maximum atomic E-state index is 13.4. The standard InChI is InChI=1S/C24H31N5O4/c1-31-18-13-17(14-19(15-18)32-2)23(30)29-8-5-21-20(16-29)22(27-9-11-33-12-10-27)26-24(25-21)28-6-3-4-7-28/h13-15H,3-12,16H2,1-2H3. The van der Waals surface area contributed by atoms with E-state index in [1.165, 1.54) is 12.8 Å². The number of hydrogen-bond acceptors (Lipinski definition) is 8. The van der Waals surface area contributed by atoms with Crippen LogP contribution in [-0.4, -0.2) is 80.9 Å². The van der Waals surface area contributed by atoms with Gasteiger partial charge in [0.15, 0.2) is 0 Å². The minimum Gasteiger partial charge on any atom is -0.497 e. The molecule has 176 valence electrons. The molecule has 3 aliphatic rings. The fourth-order valence-electron chi connectivity index (χ4n) is 4.77. The Morgan fingerprint density at radius 2 is 1.61 bits per heavy atom. The van der Waals surface area contributed by atoms with Crippen LogP contribution in [0.5, 0.6) is 11.5 Å². The van der Waals surface area contributed by atoms with Crippen LogP contribution in [0.4, 0.5) is 11.8 Å². The summed E-state index contributed by atoms with van der Waals surface area (Å²) in [6.07, 6.45) is 3.07. The van der Waals surface area contributed by atoms with Gasteiger partial charge in [-0.1, -0.05) is 0 Å². The SMILES string of the molecule is COc1cc(OC)cc(C(=O)N2CCc3nc(N4CCCC4)nc(N4CCOCC4)c3C2)c1. The van der Waals surface area contributed by atoms with E-state index in [0.29, 0.717) is 49.8 Å². The first-order valence-electron chi connectivity index (χ1n) is 11.7. The van der Waals surface area contributed by atoms with Gasteiger partial charge in [0.1, 0.15) is 17.3 Å². The van der Waals surface area contributed by atoms with Gasteiger partial charge in [-0.05, 0) is 25.0 Å². The number of anilines is 2. The predicted octanol–water partition coefficient (Wildman–Crippen LogP) is 2.13. The van der Waals surface area contributed by atoms with Gasteiger partial charge >= 0.3 is 0 Å². The molecule has 0 spiro atoms. The molecule has 5 rings (SSSR count). The molecule has 3 aliphatic heterocycles. The molecule has 0 bridgehead atoms. The molecule has 0 N–H and O–H groups in total. The number of carbonyl (C=O) groups excluding carboxylic acids is 1. The van der Waals surface area contributed by atoms with E-state index in [0.717, 1.165) is 49.2 Å². The van der Waals surface area contributed by atoms with E-state index in [-0.39, 0.29) is 5.91 Å². The Hall–Kier alpha value is -3.07. The van der Waals surface area contributed by atoms with Crippen LogP contribution in [0, 0.1) is 0 Å². The molecule has 4 heterocycles. The van der Waals surface area contributed by atoms with E-state index in [1.54, 1.807) is 32.4 Å². The average Bonchev–Trinajstić information content (AvgIpc) is 3.42. The monoisotopic (exact) mass is 453 g/mol. The van der Waals surface area contributed by atoms with Crippen molar-refractivity contribution in [3.05, 3.63) is 35.0 Å². The summed E-state index contributed by atoms with van der Waals surface area (Å²) in [6, 6.07) is 5.29. The smallest absolute Gasteiger partial charge is 0.254 e. The van der Waals surface area contributed by atoms with Gasteiger partial charge in [0, 0.05) is 56.3 Å². The molecular formula is C24H31N5O4. The van der Waals surface area contributed by atoms with Crippen LogP contribution in [0.3, 0.4) is 0 Å². The molecular weight excluding hydrogens is 422 g/mol. The van der Waals surface area contributed by atoms with Gasteiger partial charge in [0.25, 0.3) is 5.91 Å². The molecule has 1 aromatic carbocycles. The van der Waals surface area contributed by atoms with Gasteiger partial charge in [-0.3, -0.25) is 4.79 Å². The number of benzene rings is 1. The highest BCUT2D eigenvalue weighted by Crippen LogP contribution is 2.32. The lowest BCUT2D eigenvalue weighted by molar-refractivity contribution is 0.0732. The first kappa shape index (κ1) is 21.8. The summed E-state index contributed by atoms with van der Waals surface area (Å²) >= 11 is 0. The quantitative estimate of drug-likeness (QED) is 0.681. The van der Waals surface area contributed by atoms with Crippen molar-refractivity contribution in [1.82, 2.24) is 14.9 Å². The third kappa shape index (κ3) is 4.42. The number of amides is 1. The Kier molecular flexibility index (Phi) is 6.22. The summed E-state index contributed by atoms with van der Waals surface area (Å²) in [5.41, 5.74) is 2.66. The summed E-state index contributed by atoms with van der Waals surface area (Å²) in [6.45, 7) is 6.07. The highest BCUT2D eigenvalue weighted by molar-refractivity contribution is 5.95. The van der Waals surface area contributed by atoms with Gasteiger partial charge in [-0.25, -0.2) is 4.98 Å². The van der Waals surface area contributed by atoms with E-state index < -0.39 is 0 Å². The van der Waals surface area contributed by atoms with Crippen molar-refractivity contribution in [3.8, 4) is 11.5 Å². The van der Waals surface area contributed by atoms with Crippen LogP contribution >= 0.6 is 0 Å². The topological polar surface area (TPSA) is 80.3 Å². The minimum atomic E-state index is -0.0469. The maximum absolute atomic E-state index is 13.4. The third-order valence-electron chi connectivity index (χ3n) is 6.61. The van der Waals surface area contributed by atoms with Gasteiger partial charge in [0.05, 0.1) is 39.7 Å². The summed E-state index contributed by atoms with van der Waals surface area (Å²) in [5.74, 6) is 2.93. The highest BCUT2D eigenvalue weighted by atomic mass is 16.5. The normalized spacial score (nSPS) is 18.3. The largest absolute Gasteiger partial charge is 0.497 e. The number of nitrogens with zero attached hydrogens (tertiary/aromatic N) is 5. The summed E-state index contributed by atoms with van der Waals surface area (Å²) < 4.78 is 16.3. The van der Waals surface area contributed by atoms with Crippen LogP contribution in [0.1, 0.15) is 34.5 Å². The first-order valence-corrected chi connectivity index (χ1v) is 11.7. The van der Waals surface area contributed by atoms with Crippen LogP contribution in [0.25, 0.3) is 0 Å². The Morgan fingerprint density at radius 3 is 2.27 bits per heavy atom. The lowest BCUT2D eigenvalue weighted by Gasteiger charge is -2.35. The maximum Gasteiger partial charge on any atom is 0.254 e. The molecule has 33 heavy (non-hydrogen) atoms. The number of morpholine rings is 1. The summed E-state index contributed by atoms with van der Waals surface area (Å²) in [4.78, 5) is 29.9. The number of fused-ring (bicyclic) bond motifs is 1. The minimum absolute atomic E-state index is 0.0469. The van der Waals surface area contributed by atoms with Gasteiger partial charge in [-0.15, -0.1) is 0 Å². The molecule has 2 aromatic rings. The van der Waals surface area contributed by atoms with E-state index in [4.69, 9.17) is 24.2 Å². The molecule has 0 unspecified atom stereocenters. The van der Waals surface area contributed by atoms with Gasteiger partial charge in [-0.2, -0.15) is 4.98 Å². The average molecular weight is 454 g/mol. The molecule has 2 fully saturated rings. The zero-order valence-electron chi connectivity index (χ0n) is 19.4. The number of ether oxygens (including phenoxy) is 3. The van der Waals surface area contributed by atoms with E-state index in [1.807, 2.05) is 4.90 Å². The Morgan fingerprint density at radius 1 is 0.909 bits per heavy atom. The molecule has 1 aromatic heterocycles.